The van der Waals surface area contributed by atoms with Crippen molar-refractivity contribution < 1.29 is 14.3 Å². The number of aromatic nitrogens is 1. The molecule has 1 atom stereocenters. The van der Waals surface area contributed by atoms with Gasteiger partial charge in [-0.15, -0.1) is 0 Å². The third-order valence-electron chi connectivity index (χ3n) is 4.04. The molecule has 2 aromatic rings. The first-order valence-electron chi connectivity index (χ1n) is 8.41. The van der Waals surface area contributed by atoms with Crippen LogP contribution in [0.2, 0.25) is 0 Å². The summed E-state index contributed by atoms with van der Waals surface area (Å²) in [5, 5.41) is 2.84. The van der Waals surface area contributed by atoms with E-state index in [1.54, 1.807) is 30.5 Å². The van der Waals surface area contributed by atoms with Crippen LogP contribution in [0, 0.1) is 0 Å². The van der Waals surface area contributed by atoms with E-state index in [1.807, 2.05) is 31.1 Å². The summed E-state index contributed by atoms with van der Waals surface area (Å²) in [6.45, 7) is 1.37. The number of nitrogens with one attached hydrogen (secondary N) is 1. The van der Waals surface area contributed by atoms with E-state index in [0.29, 0.717) is 17.9 Å². The molecule has 1 saturated heterocycles. The van der Waals surface area contributed by atoms with Gasteiger partial charge in [-0.2, -0.15) is 0 Å². The zero-order valence-electron chi connectivity index (χ0n) is 14.6. The first-order valence-corrected chi connectivity index (χ1v) is 8.41. The van der Waals surface area contributed by atoms with Gasteiger partial charge in [0.05, 0.1) is 18.0 Å². The van der Waals surface area contributed by atoms with Crippen molar-refractivity contribution in [1.82, 2.24) is 4.98 Å². The van der Waals surface area contributed by atoms with Crippen molar-refractivity contribution in [1.29, 1.82) is 0 Å². The van der Waals surface area contributed by atoms with Crippen molar-refractivity contribution in [2.75, 3.05) is 37.5 Å². The second-order valence-corrected chi connectivity index (χ2v) is 6.22. The first kappa shape index (κ1) is 17.2. The van der Waals surface area contributed by atoms with Gasteiger partial charge in [0.2, 0.25) is 0 Å². The number of nitrogens with zero attached hydrogens (tertiary/aromatic N) is 2. The van der Waals surface area contributed by atoms with Crippen LogP contribution in [-0.2, 0) is 4.74 Å². The van der Waals surface area contributed by atoms with Gasteiger partial charge in [-0.3, -0.25) is 4.79 Å². The molecule has 0 bridgehead atoms. The highest BCUT2D eigenvalue weighted by Gasteiger charge is 2.16. The number of carbonyl (C=O) groups is 1. The van der Waals surface area contributed by atoms with E-state index in [2.05, 4.69) is 10.3 Å². The summed E-state index contributed by atoms with van der Waals surface area (Å²) in [5.74, 6) is 1.40. The minimum absolute atomic E-state index is 0.176. The fourth-order valence-corrected chi connectivity index (χ4v) is 2.60. The summed E-state index contributed by atoms with van der Waals surface area (Å²) < 4.78 is 11.2. The summed E-state index contributed by atoms with van der Waals surface area (Å²) in [6, 6.07) is 10.8. The SMILES string of the molecule is CN(C)c1ccc(NC(=O)c2ccc(OC[C@H]3CCCO3)cc2)cn1. The van der Waals surface area contributed by atoms with E-state index in [4.69, 9.17) is 9.47 Å². The Balaban J connectivity index is 1.54. The van der Waals surface area contributed by atoms with Gasteiger partial charge in [0.1, 0.15) is 18.2 Å². The number of rotatable bonds is 6. The van der Waals surface area contributed by atoms with E-state index in [0.717, 1.165) is 31.0 Å². The molecule has 6 nitrogen and oxygen atoms in total. The average molecular weight is 341 g/mol. The number of anilines is 2. The summed E-state index contributed by atoms with van der Waals surface area (Å²) >= 11 is 0. The number of ether oxygens (including phenoxy) is 2. The van der Waals surface area contributed by atoms with E-state index < -0.39 is 0 Å². The lowest BCUT2D eigenvalue weighted by Gasteiger charge is -2.12. The molecule has 1 aliphatic heterocycles. The predicted molar refractivity (Wildman–Crippen MR) is 97.4 cm³/mol. The summed E-state index contributed by atoms with van der Waals surface area (Å²) in [4.78, 5) is 18.5. The minimum atomic E-state index is -0.176. The van der Waals surface area contributed by atoms with Crippen molar-refractivity contribution in [3.8, 4) is 5.75 Å². The van der Waals surface area contributed by atoms with Crippen molar-refractivity contribution in [3.63, 3.8) is 0 Å². The normalized spacial score (nSPS) is 16.5. The molecule has 0 spiro atoms. The fraction of sp³-hybridized carbons (Fsp3) is 0.368. The molecule has 1 fully saturated rings. The van der Waals surface area contributed by atoms with Gasteiger partial charge in [-0.25, -0.2) is 4.98 Å². The Morgan fingerprint density at radius 3 is 2.68 bits per heavy atom. The standard InChI is InChI=1S/C19H23N3O3/c1-22(2)18-10-7-15(12-20-18)21-19(23)14-5-8-16(9-6-14)25-13-17-4-3-11-24-17/h5-10,12,17H,3-4,11,13H2,1-2H3,(H,21,23)/t17-/m1/s1. The smallest absolute Gasteiger partial charge is 0.255 e. The number of hydrogen-bond donors (Lipinski definition) is 1. The Kier molecular flexibility index (Phi) is 5.50. The highest BCUT2D eigenvalue weighted by atomic mass is 16.5. The molecule has 0 aliphatic carbocycles. The molecule has 1 aliphatic rings. The van der Waals surface area contributed by atoms with Crippen molar-refractivity contribution in [2.45, 2.75) is 18.9 Å². The second-order valence-electron chi connectivity index (χ2n) is 6.22. The van der Waals surface area contributed by atoms with Crippen LogP contribution < -0.4 is 15.0 Å². The number of benzene rings is 1. The fourth-order valence-electron chi connectivity index (χ4n) is 2.60. The van der Waals surface area contributed by atoms with E-state index in [9.17, 15) is 4.79 Å². The monoisotopic (exact) mass is 341 g/mol. The lowest BCUT2D eigenvalue weighted by Crippen LogP contribution is -2.16. The summed E-state index contributed by atoms with van der Waals surface area (Å²) in [6.07, 6.45) is 3.96. The lowest BCUT2D eigenvalue weighted by molar-refractivity contribution is 0.0679. The molecule has 3 rings (SSSR count). The number of pyridine rings is 1. The summed E-state index contributed by atoms with van der Waals surface area (Å²) in [5.41, 5.74) is 1.23. The Bertz CT molecular complexity index is 693. The van der Waals surface area contributed by atoms with Crippen molar-refractivity contribution in [3.05, 3.63) is 48.2 Å². The molecule has 0 radical (unpaired) electrons. The van der Waals surface area contributed by atoms with E-state index >= 15 is 0 Å². The topological polar surface area (TPSA) is 63.7 Å². The lowest BCUT2D eigenvalue weighted by atomic mass is 10.2. The van der Waals surface area contributed by atoms with Crippen LogP contribution >= 0.6 is 0 Å². The van der Waals surface area contributed by atoms with Crippen LogP contribution in [0.25, 0.3) is 0 Å². The Labute approximate surface area is 147 Å². The Hall–Kier alpha value is -2.60. The third-order valence-corrected chi connectivity index (χ3v) is 4.04. The minimum Gasteiger partial charge on any atom is -0.491 e. The Morgan fingerprint density at radius 1 is 1.28 bits per heavy atom. The molecular weight excluding hydrogens is 318 g/mol. The van der Waals surface area contributed by atoms with Crippen LogP contribution in [0.5, 0.6) is 5.75 Å². The zero-order chi connectivity index (χ0) is 17.6. The molecule has 132 valence electrons. The van der Waals surface area contributed by atoms with Gasteiger partial charge < -0.3 is 19.7 Å². The van der Waals surface area contributed by atoms with Gasteiger partial charge in [-0.05, 0) is 49.2 Å². The maximum Gasteiger partial charge on any atom is 0.255 e. The zero-order valence-corrected chi connectivity index (χ0v) is 14.6. The van der Waals surface area contributed by atoms with Crippen LogP contribution in [-0.4, -0.2) is 44.3 Å². The van der Waals surface area contributed by atoms with Crippen molar-refractivity contribution in [2.24, 2.45) is 0 Å². The molecule has 1 aromatic carbocycles. The van der Waals surface area contributed by atoms with Crippen LogP contribution in [0.4, 0.5) is 11.5 Å². The van der Waals surface area contributed by atoms with E-state index in [-0.39, 0.29) is 12.0 Å². The third kappa shape index (κ3) is 4.70. The first-order chi connectivity index (χ1) is 12.1. The maximum absolute atomic E-state index is 12.3. The highest BCUT2D eigenvalue weighted by molar-refractivity contribution is 6.04. The van der Waals surface area contributed by atoms with Gasteiger partial charge in [0.25, 0.3) is 5.91 Å². The Morgan fingerprint density at radius 2 is 2.08 bits per heavy atom. The van der Waals surface area contributed by atoms with Crippen LogP contribution in [0.15, 0.2) is 42.6 Å². The molecule has 6 heteroatoms. The number of hydrogen-bond acceptors (Lipinski definition) is 5. The van der Waals surface area contributed by atoms with Gasteiger partial charge >= 0.3 is 0 Å². The quantitative estimate of drug-likeness (QED) is 0.875. The molecule has 0 unspecified atom stereocenters. The maximum atomic E-state index is 12.3. The highest BCUT2D eigenvalue weighted by Crippen LogP contribution is 2.18. The molecule has 1 amide bonds. The number of amides is 1. The van der Waals surface area contributed by atoms with Crippen LogP contribution in [0.1, 0.15) is 23.2 Å². The molecule has 1 N–H and O–H groups in total. The predicted octanol–water partition coefficient (Wildman–Crippen LogP) is 2.96. The number of carbonyl (C=O) groups excluding carboxylic acids is 1. The van der Waals surface area contributed by atoms with Gasteiger partial charge in [0, 0.05) is 26.3 Å². The molecular formula is C19H23N3O3. The largest absolute Gasteiger partial charge is 0.491 e. The molecule has 1 aromatic heterocycles. The molecule has 25 heavy (non-hydrogen) atoms. The van der Waals surface area contributed by atoms with E-state index in [1.165, 1.54) is 0 Å². The van der Waals surface area contributed by atoms with Crippen molar-refractivity contribution >= 4 is 17.4 Å². The summed E-state index contributed by atoms with van der Waals surface area (Å²) in [7, 11) is 3.84. The van der Waals surface area contributed by atoms with Gasteiger partial charge in [0.15, 0.2) is 0 Å². The second kappa shape index (κ2) is 7.98. The van der Waals surface area contributed by atoms with Gasteiger partial charge in [-0.1, -0.05) is 0 Å². The van der Waals surface area contributed by atoms with Crippen LogP contribution in [0.3, 0.4) is 0 Å². The molecule has 2 heterocycles. The average Bonchev–Trinajstić information content (AvgIpc) is 3.14. The molecule has 0 saturated carbocycles.